The van der Waals surface area contributed by atoms with Crippen LogP contribution in [0.2, 0.25) is 5.02 Å². The SMILES string of the molecule is Cn1cc(-c2nnc(SCC(=O)Nc3cccc(Cl)c3)n2C)c(-c2ccccc2)n1. The van der Waals surface area contributed by atoms with Gasteiger partial charge in [0.05, 0.1) is 11.3 Å². The predicted octanol–water partition coefficient (Wildman–Crippen LogP) is 4.27. The van der Waals surface area contributed by atoms with Crippen molar-refractivity contribution in [3.05, 3.63) is 65.8 Å². The molecule has 152 valence electrons. The topological polar surface area (TPSA) is 77.6 Å². The van der Waals surface area contributed by atoms with Gasteiger partial charge in [0.25, 0.3) is 0 Å². The maximum absolute atomic E-state index is 12.3. The quantitative estimate of drug-likeness (QED) is 0.455. The van der Waals surface area contributed by atoms with Crippen LogP contribution in [0.4, 0.5) is 5.69 Å². The van der Waals surface area contributed by atoms with Crippen molar-refractivity contribution in [2.75, 3.05) is 11.1 Å². The molecule has 2 aromatic heterocycles. The number of hydrogen-bond donors (Lipinski definition) is 1. The highest BCUT2D eigenvalue weighted by atomic mass is 35.5. The third kappa shape index (κ3) is 4.39. The van der Waals surface area contributed by atoms with Gasteiger partial charge in [-0.2, -0.15) is 5.10 Å². The zero-order chi connectivity index (χ0) is 21.1. The summed E-state index contributed by atoms with van der Waals surface area (Å²) < 4.78 is 3.64. The first-order chi connectivity index (χ1) is 14.5. The normalized spacial score (nSPS) is 10.9. The van der Waals surface area contributed by atoms with E-state index in [4.69, 9.17) is 11.6 Å². The fourth-order valence-corrected chi connectivity index (χ4v) is 3.93. The summed E-state index contributed by atoms with van der Waals surface area (Å²) in [4.78, 5) is 12.3. The molecule has 0 aliphatic rings. The molecule has 1 N–H and O–H groups in total. The van der Waals surface area contributed by atoms with Crippen LogP contribution in [0.3, 0.4) is 0 Å². The molecule has 0 unspecified atom stereocenters. The number of carbonyl (C=O) groups excluding carboxylic acids is 1. The van der Waals surface area contributed by atoms with E-state index >= 15 is 0 Å². The summed E-state index contributed by atoms with van der Waals surface area (Å²) in [7, 11) is 3.76. The van der Waals surface area contributed by atoms with E-state index in [1.54, 1.807) is 28.9 Å². The van der Waals surface area contributed by atoms with Crippen molar-refractivity contribution in [3.63, 3.8) is 0 Å². The van der Waals surface area contributed by atoms with E-state index in [1.165, 1.54) is 11.8 Å². The van der Waals surface area contributed by atoms with E-state index in [-0.39, 0.29) is 11.7 Å². The summed E-state index contributed by atoms with van der Waals surface area (Å²) in [6.45, 7) is 0. The second kappa shape index (κ2) is 8.73. The number of thioether (sulfide) groups is 1. The van der Waals surface area contributed by atoms with Gasteiger partial charge in [-0.1, -0.05) is 59.8 Å². The molecule has 0 radical (unpaired) electrons. The average molecular weight is 439 g/mol. The van der Waals surface area contributed by atoms with Crippen LogP contribution in [0, 0.1) is 0 Å². The molecule has 0 saturated carbocycles. The summed E-state index contributed by atoms with van der Waals surface area (Å²) in [6, 6.07) is 17.0. The van der Waals surface area contributed by atoms with Gasteiger partial charge < -0.3 is 9.88 Å². The van der Waals surface area contributed by atoms with Crippen molar-refractivity contribution in [3.8, 4) is 22.6 Å². The maximum atomic E-state index is 12.3. The molecule has 7 nitrogen and oxygen atoms in total. The third-order valence-electron chi connectivity index (χ3n) is 4.39. The van der Waals surface area contributed by atoms with Crippen molar-refractivity contribution >= 4 is 35.0 Å². The molecule has 30 heavy (non-hydrogen) atoms. The number of amides is 1. The van der Waals surface area contributed by atoms with E-state index < -0.39 is 0 Å². The van der Waals surface area contributed by atoms with Crippen LogP contribution >= 0.6 is 23.4 Å². The monoisotopic (exact) mass is 438 g/mol. The fraction of sp³-hybridized carbons (Fsp3) is 0.143. The third-order valence-corrected chi connectivity index (χ3v) is 5.65. The van der Waals surface area contributed by atoms with Crippen LogP contribution < -0.4 is 5.32 Å². The van der Waals surface area contributed by atoms with Crippen LogP contribution in [0.5, 0.6) is 0 Å². The second-order valence-corrected chi connectivity index (χ2v) is 8.02. The van der Waals surface area contributed by atoms with Gasteiger partial charge in [0.1, 0.15) is 5.69 Å². The zero-order valence-corrected chi connectivity index (χ0v) is 18.0. The lowest BCUT2D eigenvalue weighted by molar-refractivity contribution is -0.113. The van der Waals surface area contributed by atoms with Crippen molar-refractivity contribution < 1.29 is 4.79 Å². The maximum Gasteiger partial charge on any atom is 0.234 e. The molecule has 0 aliphatic carbocycles. The molecule has 4 rings (SSSR count). The molecule has 0 spiro atoms. The second-order valence-electron chi connectivity index (χ2n) is 6.64. The van der Waals surface area contributed by atoms with E-state index in [9.17, 15) is 4.79 Å². The number of benzene rings is 2. The molecule has 0 aliphatic heterocycles. The van der Waals surface area contributed by atoms with Gasteiger partial charge in [-0.3, -0.25) is 9.48 Å². The molecular weight excluding hydrogens is 420 g/mol. The van der Waals surface area contributed by atoms with Crippen LogP contribution in [-0.2, 0) is 18.9 Å². The molecule has 2 aromatic carbocycles. The predicted molar refractivity (Wildman–Crippen MR) is 119 cm³/mol. The molecule has 4 aromatic rings. The Morgan fingerprint density at radius 2 is 1.90 bits per heavy atom. The van der Waals surface area contributed by atoms with Gasteiger partial charge in [-0.15, -0.1) is 10.2 Å². The minimum Gasteiger partial charge on any atom is -0.325 e. The van der Waals surface area contributed by atoms with Crippen LogP contribution in [0.1, 0.15) is 0 Å². The number of aryl methyl sites for hydroxylation is 1. The van der Waals surface area contributed by atoms with E-state index in [1.807, 2.05) is 55.2 Å². The highest BCUT2D eigenvalue weighted by molar-refractivity contribution is 7.99. The Morgan fingerprint density at radius 1 is 1.10 bits per heavy atom. The largest absolute Gasteiger partial charge is 0.325 e. The van der Waals surface area contributed by atoms with Crippen LogP contribution in [0.25, 0.3) is 22.6 Å². The number of anilines is 1. The summed E-state index contributed by atoms with van der Waals surface area (Å²) in [6.07, 6.45) is 1.92. The number of halogens is 1. The van der Waals surface area contributed by atoms with Gasteiger partial charge >= 0.3 is 0 Å². The first kappa shape index (κ1) is 20.2. The molecule has 0 atom stereocenters. The lowest BCUT2D eigenvalue weighted by Crippen LogP contribution is -2.14. The Hall–Kier alpha value is -3.10. The minimum atomic E-state index is -0.141. The smallest absolute Gasteiger partial charge is 0.234 e. The van der Waals surface area contributed by atoms with E-state index in [0.29, 0.717) is 21.7 Å². The van der Waals surface area contributed by atoms with Gasteiger partial charge in [0.2, 0.25) is 5.91 Å². The van der Waals surface area contributed by atoms with Crippen molar-refractivity contribution in [1.82, 2.24) is 24.5 Å². The Bertz CT molecular complexity index is 1190. The standard InChI is InChI=1S/C21H19ClN6OS/c1-27-12-17(19(26-27)14-7-4-3-5-8-14)20-24-25-21(28(20)2)30-13-18(29)23-16-10-6-9-15(22)11-16/h3-12H,13H2,1-2H3,(H,23,29). The number of rotatable bonds is 6. The molecule has 0 bridgehead atoms. The molecule has 0 fully saturated rings. The Morgan fingerprint density at radius 3 is 2.67 bits per heavy atom. The summed E-state index contributed by atoms with van der Waals surface area (Å²) in [5.74, 6) is 0.759. The summed E-state index contributed by atoms with van der Waals surface area (Å²) in [5, 5.41) is 17.3. The van der Waals surface area contributed by atoms with Gasteiger partial charge in [0.15, 0.2) is 11.0 Å². The highest BCUT2D eigenvalue weighted by Crippen LogP contribution is 2.31. The molecular formula is C21H19ClN6OS. The number of hydrogen-bond acceptors (Lipinski definition) is 5. The summed E-state index contributed by atoms with van der Waals surface area (Å²) >= 11 is 7.28. The lowest BCUT2D eigenvalue weighted by Gasteiger charge is -2.06. The molecule has 2 heterocycles. The minimum absolute atomic E-state index is 0.141. The Labute approximate surface area is 183 Å². The fourth-order valence-electron chi connectivity index (χ4n) is 3.03. The Balaban J connectivity index is 1.50. The Kier molecular flexibility index (Phi) is 5.87. The molecule has 0 saturated heterocycles. The number of nitrogens with zero attached hydrogens (tertiary/aromatic N) is 5. The first-order valence-electron chi connectivity index (χ1n) is 9.18. The lowest BCUT2D eigenvalue weighted by atomic mass is 10.1. The first-order valence-corrected chi connectivity index (χ1v) is 10.5. The van der Waals surface area contributed by atoms with Crippen LogP contribution in [0.15, 0.2) is 66.0 Å². The van der Waals surface area contributed by atoms with Crippen molar-refractivity contribution in [2.24, 2.45) is 14.1 Å². The van der Waals surface area contributed by atoms with Crippen molar-refractivity contribution in [1.29, 1.82) is 0 Å². The van der Waals surface area contributed by atoms with Crippen LogP contribution in [-0.4, -0.2) is 36.2 Å². The van der Waals surface area contributed by atoms with E-state index in [2.05, 4.69) is 20.6 Å². The van der Waals surface area contributed by atoms with Gasteiger partial charge in [-0.25, -0.2) is 0 Å². The number of aromatic nitrogens is 5. The molecule has 9 heteroatoms. The van der Waals surface area contributed by atoms with E-state index in [0.717, 1.165) is 16.8 Å². The van der Waals surface area contributed by atoms with Crippen molar-refractivity contribution in [2.45, 2.75) is 5.16 Å². The zero-order valence-electron chi connectivity index (χ0n) is 16.4. The average Bonchev–Trinajstić information content (AvgIpc) is 3.29. The number of nitrogens with one attached hydrogen (secondary N) is 1. The summed E-state index contributed by atoms with van der Waals surface area (Å²) in [5.41, 5.74) is 3.39. The molecule has 1 amide bonds. The highest BCUT2D eigenvalue weighted by Gasteiger charge is 2.19. The van der Waals surface area contributed by atoms with Gasteiger partial charge in [0, 0.05) is 36.6 Å². The van der Waals surface area contributed by atoms with Gasteiger partial charge in [-0.05, 0) is 18.2 Å². The number of carbonyl (C=O) groups is 1.